The van der Waals surface area contributed by atoms with Gasteiger partial charge in [0.1, 0.15) is 0 Å². The first-order valence-corrected chi connectivity index (χ1v) is 8.40. The molecule has 0 amide bonds. The molecule has 0 N–H and O–H groups in total. The molecule has 2 aromatic carbocycles. The first-order valence-electron chi connectivity index (χ1n) is 8.02. The summed E-state index contributed by atoms with van der Waals surface area (Å²) in [5.41, 5.74) is 4.53. The Kier molecular flexibility index (Phi) is 4.22. The lowest BCUT2D eigenvalue weighted by molar-refractivity contribution is 0.355. The highest BCUT2D eigenvalue weighted by Gasteiger charge is 2.13. The Hall–Kier alpha value is -3.05. The number of aromatic nitrogens is 3. The molecule has 0 unspecified atom stereocenters. The number of rotatable bonds is 4. The van der Waals surface area contributed by atoms with Gasteiger partial charge in [-0.3, -0.25) is 0 Å². The van der Waals surface area contributed by atoms with E-state index in [2.05, 4.69) is 10.1 Å². The molecule has 130 valence electrons. The van der Waals surface area contributed by atoms with Crippen LogP contribution in [0.1, 0.15) is 0 Å². The molecule has 0 atom stereocenters. The van der Waals surface area contributed by atoms with Gasteiger partial charge in [0.25, 0.3) is 0 Å². The first kappa shape index (κ1) is 16.4. The molecule has 4 rings (SSSR count). The Balaban J connectivity index is 1.88. The van der Waals surface area contributed by atoms with Crippen LogP contribution in [-0.2, 0) is 0 Å². The molecule has 0 saturated carbocycles. The van der Waals surface area contributed by atoms with E-state index in [4.69, 9.17) is 21.1 Å². The fourth-order valence-electron chi connectivity index (χ4n) is 2.97. The molecule has 6 heteroatoms. The summed E-state index contributed by atoms with van der Waals surface area (Å²) in [6, 6.07) is 15.4. The Labute approximate surface area is 155 Å². The van der Waals surface area contributed by atoms with Gasteiger partial charge in [-0.15, -0.1) is 0 Å². The van der Waals surface area contributed by atoms with Crippen molar-refractivity contribution in [2.24, 2.45) is 0 Å². The molecule has 4 aromatic rings. The third-order valence-corrected chi connectivity index (χ3v) is 4.45. The number of halogens is 1. The zero-order valence-electron chi connectivity index (χ0n) is 14.3. The van der Waals surface area contributed by atoms with Gasteiger partial charge in [-0.05, 0) is 42.0 Å². The summed E-state index contributed by atoms with van der Waals surface area (Å²) < 4.78 is 12.5. The number of methoxy groups -OCH3 is 2. The standard InChI is InChI=1S/C20H16ClN3O2/c1-25-18-7-6-14(11-19(18)26-2)17-8-9-22-20-16(12-23-24(17)20)13-4-3-5-15(21)10-13/h3-12H,1-2H3. The van der Waals surface area contributed by atoms with Gasteiger partial charge in [0, 0.05) is 22.3 Å². The Morgan fingerprint density at radius 2 is 1.77 bits per heavy atom. The van der Waals surface area contributed by atoms with Crippen LogP contribution in [0, 0.1) is 0 Å². The molecule has 0 aliphatic rings. The number of hydrogen-bond donors (Lipinski definition) is 0. The summed E-state index contributed by atoms with van der Waals surface area (Å²) in [7, 11) is 3.24. The molecule has 0 spiro atoms. The lowest BCUT2D eigenvalue weighted by atomic mass is 10.1. The fraction of sp³-hybridized carbons (Fsp3) is 0.100. The average molecular weight is 366 g/mol. The molecule has 0 bridgehead atoms. The number of nitrogens with zero attached hydrogens (tertiary/aromatic N) is 3. The van der Waals surface area contributed by atoms with E-state index in [-0.39, 0.29) is 0 Å². The van der Waals surface area contributed by atoms with Gasteiger partial charge < -0.3 is 9.47 Å². The van der Waals surface area contributed by atoms with Crippen LogP contribution in [0.4, 0.5) is 0 Å². The zero-order chi connectivity index (χ0) is 18.1. The topological polar surface area (TPSA) is 48.7 Å². The van der Waals surface area contributed by atoms with E-state index in [1.54, 1.807) is 26.6 Å². The zero-order valence-corrected chi connectivity index (χ0v) is 15.1. The summed E-state index contributed by atoms with van der Waals surface area (Å²) in [5, 5.41) is 5.22. The van der Waals surface area contributed by atoms with E-state index >= 15 is 0 Å². The normalized spacial score (nSPS) is 10.9. The Bertz CT molecular complexity index is 1090. The number of ether oxygens (including phenoxy) is 2. The smallest absolute Gasteiger partial charge is 0.163 e. The maximum atomic E-state index is 6.13. The summed E-state index contributed by atoms with van der Waals surface area (Å²) in [4.78, 5) is 4.51. The lowest BCUT2D eigenvalue weighted by Gasteiger charge is -2.10. The van der Waals surface area contributed by atoms with Crippen LogP contribution in [-0.4, -0.2) is 28.8 Å². The molecule has 0 aliphatic carbocycles. The van der Waals surface area contributed by atoms with Crippen LogP contribution in [0.3, 0.4) is 0 Å². The molecule has 26 heavy (non-hydrogen) atoms. The van der Waals surface area contributed by atoms with Gasteiger partial charge in [0.15, 0.2) is 17.1 Å². The second-order valence-corrected chi connectivity index (χ2v) is 6.14. The van der Waals surface area contributed by atoms with Crippen molar-refractivity contribution in [3.63, 3.8) is 0 Å². The first-order chi connectivity index (χ1) is 12.7. The van der Waals surface area contributed by atoms with E-state index in [1.165, 1.54) is 0 Å². The summed E-state index contributed by atoms with van der Waals surface area (Å²) in [6.07, 6.45) is 3.58. The second-order valence-electron chi connectivity index (χ2n) is 5.70. The summed E-state index contributed by atoms with van der Waals surface area (Å²) in [6.45, 7) is 0. The van der Waals surface area contributed by atoms with E-state index in [0.29, 0.717) is 16.5 Å². The molecule has 2 aromatic heterocycles. The molecule has 0 saturated heterocycles. The van der Waals surface area contributed by atoms with Gasteiger partial charge in [-0.25, -0.2) is 9.50 Å². The number of benzene rings is 2. The van der Waals surface area contributed by atoms with Gasteiger partial charge in [0.05, 0.1) is 26.1 Å². The van der Waals surface area contributed by atoms with Gasteiger partial charge >= 0.3 is 0 Å². The highest BCUT2D eigenvalue weighted by molar-refractivity contribution is 6.30. The van der Waals surface area contributed by atoms with Crippen molar-refractivity contribution in [3.05, 3.63) is 65.9 Å². The predicted molar refractivity (Wildman–Crippen MR) is 102 cm³/mol. The van der Waals surface area contributed by atoms with Crippen LogP contribution in [0.2, 0.25) is 5.02 Å². The Morgan fingerprint density at radius 1 is 0.923 bits per heavy atom. The van der Waals surface area contributed by atoms with Crippen molar-refractivity contribution < 1.29 is 9.47 Å². The maximum Gasteiger partial charge on any atom is 0.163 e. The van der Waals surface area contributed by atoms with Crippen LogP contribution >= 0.6 is 11.6 Å². The third kappa shape index (κ3) is 2.76. The SMILES string of the molecule is COc1ccc(-c2ccnc3c(-c4cccc(Cl)c4)cnn23)cc1OC. The van der Waals surface area contributed by atoms with Crippen LogP contribution in [0.5, 0.6) is 11.5 Å². The van der Waals surface area contributed by atoms with Crippen molar-refractivity contribution in [1.29, 1.82) is 0 Å². The fourth-order valence-corrected chi connectivity index (χ4v) is 3.16. The van der Waals surface area contributed by atoms with Crippen molar-refractivity contribution in [3.8, 4) is 33.9 Å². The molecule has 0 fully saturated rings. The van der Waals surface area contributed by atoms with Crippen molar-refractivity contribution in [1.82, 2.24) is 14.6 Å². The monoisotopic (exact) mass is 365 g/mol. The highest BCUT2D eigenvalue weighted by atomic mass is 35.5. The predicted octanol–water partition coefficient (Wildman–Crippen LogP) is 4.73. The van der Waals surface area contributed by atoms with E-state index in [0.717, 1.165) is 28.0 Å². The van der Waals surface area contributed by atoms with E-state index in [1.807, 2.05) is 53.0 Å². The molecular formula is C20H16ClN3O2. The van der Waals surface area contributed by atoms with Gasteiger partial charge in [0.2, 0.25) is 0 Å². The van der Waals surface area contributed by atoms with E-state index in [9.17, 15) is 0 Å². The molecular weight excluding hydrogens is 350 g/mol. The second kappa shape index (κ2) is 6.69. The minimum atomic E-state index is 0.664. The highest BCUT2D eigenvalue weighted by Crippen LogP contribution is 2.33. The third-order valence-electron chi connectivity index (χ3n) is 4.22. The molecule has 0 radical (unpaired) electrons. The maximum absolute atomic E-state index is 6.13. The lowest BCUT2D eigenvalue weighted by Crippen LogP contribution is -1.97. The minimum Gasteiger partial charge on any atom is -0.493 e. The van der Waals surface area contributed by atoms with Crippen LogP contribution < -0.4 is 9.47 Å². The van der Waals surface area contributed by atoms with Crippen LogP contribution in [0.15, 0.2) is 60.9 Å². The quantitative estimate of drug-likeness (QED) is 0.524. The van der Waals surface area contributed by atoms with E-state index < -0.39 is 0 Å². The van der Waals surface area contributed by atoms with Gasteiger partial charge in [-0.2, -0.15) is 5.10 Å². The molecule has 0 aliphatic heterocycles. The van der Waals surface area contributed by atoms with Crippen molar-refractivity contribution >= 4 is 17.2 Å². The molecule has 5 nitrogen and oxygen atoms in total. The van der Waals surface area contributed by atoms with Crippen molar-refractivity contribution in [2.75, 3.05) is 14.2 Å². The van der Waals surface area contributed by atoms with Crippen molar-refractivity contribution in [2.45, 2.75) is 0 Å². The largest absolute Gasteiger partial charge is 0.493 e. The Morgan fingerprint density at radius 3 is 2.54 bits per heavy atom. The minimum absolute atomic E-state index is 0.664. The number of fused-ring (bicyclic) bond motifs is 1. The number of hydrogen-bond acceptors (Lipinski definition) is 4. The average Bonchev–Trinajstić information content (AvgIpc) is 3.11. The van der Waals surface area contributed by atoms with Gasteiger partial charge in [-0.1, -0.05) is 23.7 Å². The summed E-state index contributed by atoms with van der Waals surface area (Å²) in [5.74, 6) is 1.35. The molecule has 2 heterocycles. The van der Waals surface area contributed by atoms with Crippen LogP contribution in [0.25, 0.3) is 28.0 Å². The summed E-state index contributed by atoms with van der Waals surface area (Å²) >= 11 is 6.13.